The Morgan fingerprint density at radius 3 is 3.00 bits per heavy atom. The third-order valence-electron chi connectivity index (χ3n) is 4.42. The molecule has 1 N–H and O–H groups in total. The summed E-state index contributed by atoms with van der Waals surface area (Å²) in [5.74, 6) is 0.315. The van der Waals surface area contributed by atoms with Gasteiger partial charge in [0.15, 0.2) is 0 Å². The van der Waals surface area contributed by atoms with Crippen LogP contribution in [0.3, 0.4) is 0 Å². The first-order valence-electron chi connectivity index (χ1n) is 8.00. The Labute approximate surface area is 139 Å². The molecule has 0 spiro atoms. The summed E-state index contributed by atoms with van der Waals surface area (Å²) in [6.07, 6.45) is 2.54. The number of nitrogens with one attached hydrogen (secondary N) is 1. The summed E-state index contributed by atoms with van der Waals surface area (Å²) in [6, 6.07) is 9.36. The molecular formula is C17H18N4O3. The van der Waals surface area contributed by atoms with Gasteiger partial charge in [0, 0.05) is 24.8 Å². The monoisotopic (exact) mass is 326 g/mol. The van der Waals surface area contributed by atoms with Gasteiger partial charge in [0.05, 0.1) is 18.8 Å². The van der Waals surface area contributed by atoms with E-state index in [0.717, 1.165) is 12.0 Å². The fourth-order valence-electron chi connectivity index (χ4n) is 3.22. The van der Waals surface area contributed by atoms with E-state index in [-0.39, 0.29) is 24.4 Å². The van der Waals surface area contributed by atoms with Crippen LogP contribution in [-0.2, 0) is 16.1 Å². The highest BCUT2D eigenvalue weighted by molar-refractivity contribution is 6.01. The maximum absolute atomic E-state index is 12.4. The van der Waals surface area contributed by atoms with Gasteiger partial charge in [0.2, 0.25) is 5.91 Å². The molecule has 4 rings (SSSR count). The van der Waals surface area contributed by atoms with Gasteiger partial charge in [-0.2, -0.15) is 5.10 Å². The lowest BCUT2D eigenvalue weighted by molar-refractivity contribution is -0.117. The topological polar surface area (TPSA) is 76.5 Å². The fourth-order valence-corrected chi connectivity index (χ4v) is 3.22. The average Bonchev–Trinajstić information content (AvgIpc) is 3.29. The Kier molecular flexibility index (Phi) is 3.78. The summed E-state index contributed by atoms with van der Waals surface area (Å²) in [5.41, 5.74) is 1.64. The van der Waals surface area contributed by atoms with Gasteiger partial charge in [-0.3, -0.25) is 9.59 Å². The van der Waals surface area contributed by atoms with Crippen LogP contribution in [0.1, 0.15) is 28.4 Å². The minimum Gasteiger partial charge on any atom is -0.379 e. The number of fused-ring (bicyclic) bond motifs is 1. The van der Waals surface area contributed by atoms with Crippen LogP contribution in [0.25, 0.3) is 0 Å². The van der Waals surface area contributed by atoms with E-state index in [9.17, 15) is 9.59 Å². The first-order chi connectivity index (χ1) is 11.7. The van der Waals surface area contributed by atoms with E-state index < -0.39 is 0 Å². The van der Waals surface area contributed by atoms with Crippen LogP contribution in [0.15, 0.2) is 36.5 Å². The summed E-state index contributed by atoms with van der Waals surface area (Å²) >= 11 is 0. The molecule has 24 heavy (non-hydrogen) atoms. The Bertz CT molecular complexity index is 780. The highest BCUT2D eigenvalue weighted by atomic mass is 16.5. The van der Waals surface area contributed by atoms with Crippen molar-refractivity contribution >= 4 is 17.6 Å². The number of carbonyl (C=O) groups excluding carboxylic acids is 2. The predicted octanol–water partition coefficient (Wildman–Crippen LogP) is 1.44. The molecular weight excluding hydrogens is 308 g/mol. The van der Waals surface area contributed by atoms with E-state index in [1.807, 2.05) is 18.2 Å². The molecule has 0 saturated carbocycles. The van der Waals surface area contributed by atoms with Crippen LogP contribution >= 0.6 is 0 Å². The molecule has 1 fully saturated rings. The van der Waals surface area contributed by atoms with Crippen molar-refractivity contribution in [2.45, 2.75) is 19.0 Å². The van der Waals surface area contributed by atoms with Gasteiger partial charge in [-0.1, -0.05) is 18.2 Å². The van der Waals surface area contributed by atoms with Crippen LogP contribution in [-0.4, -0.2) is 46.3 Å². The molecule has 2 aliphatic heterocycles. The number of hydrogen-bond donors (Lipinski definition) is 1. The van der Waals surface area contributed by atoms with Crippen LogP contribution in [0, 0.1) is 0 Å². The second kappa shape index (κ2) is 6.09. The van der Waals surface area contributed by atoms with E-state index in [4.69, 9.17) is 4.74 Å². The van der Waals surface area contributed by atoms with Crippen LogP contribution < -0.4 is 5.32 Å². The normalized spacial score (nSPS) is 19.6. The zero-order chi connectivity index (χ0) is 16.5. The number of carbonyl (C=O) groups is 2. The molecule has 7 nitrogen and oxygen atoms in total. The summed E-state index contributed by atoms with van der Waals surface area (Å²) < 4.78 is 7.16. The number of rotatable bonds is 4. The highest BCUT2D eigenvalue weighted by Gasteiger charge is 2.28. The van der Waals surface area contributed by atoms with Crippen molar-refractivity contribution < 1.29 is 14.3 Å². The van der Waals surface area contributed by atoms with Crippen LogP contribution in [0.5, 0.6) is 0 Å². The number of nitrogens with zero attached hydrogens (tertiary/aromatic N) is 3. The molecule has 3 heterocycles. The van der Waals surface area contributed by atoms with Crippen LogP contribution in [0.2, 0.25) is 0 Å². The maximum atomic E-state index is 12.4. The summed E-state index contributed by atoms with van der Waals surface area (Å²) in [5, 5.41) is 7.13. The lowest BCUT2D eigenvalue weighted by Gasteiger charge is -2.17. The quantitative estimate of drug-likeness (QED) is 0.922. The summed E-state index contributed by atoms with van der Waals surface area (Å²) in [4.78, 5) is 26.2. The molecule has 1 saturated heterocycles. The largest absolute Gasteiger partial charge is 0.379 e. The van der Waals surface area contributed by atoms with Gasteiger partial charge in [-0.25, -0.2) is 4.68 Å². The van der Waals surface area contributed by atoms with Crippen molar-refractivity contribution in [1.82, 2.24) is 14.7 Å². The lowest BCUT2D eigenvalue weighted by atomic mass is 10.1. The zero-order valence-corrected chi connectivity index (χ0v) is 13.1. The number of hydrogen-bond acceptors (Lipinski definition) is 4. The number of anilines is 1. The van der Waals surface area contributed by atoms with Crippen molar-refractivity contribution in [2.75, 3.05) is 25.1 Å². The van der Waals surface area contributed by atoms with E-state index in [1.165, 1.54) is 0 Å². The SMILES string of the molecule is O=C(CN1Cc2ccccc2C1=O)Nc1ccnn1C1CCOC1. The minimum absolute atomic E-state index is 0.0276. The van der Waals surface area contributed by atoms with E-state index >= 15 is 0 Å². The smallest absolute Gasteiger partial charge is 0.254 e. The third kappa shape index (κ3) is 2.67. The van der Waals surface area contributed by atoms with E-state index in [0.29, 0.717) is 31.1 Å². The molecule has 2 aromatic rings. The number of benzene rings is 1. The van der Waals surface area contributed by atoms with Gasteiger partial charge >= 0.3 is 0 Å². The Balaban J connectivity index is 1.42. The Morgan fingerprint density at radius 1 is 1.33 bits per heavy atom. The van der Waals surface area contributed by atoms with Crippen molar-refractivity contribution in [3.8, 4) is 0 Å². The van der Waals surface area contributed by atoms with Crippen molar-refractivity contribution in [2.24, 2.45) is 0 Å². The lowest BCUT2D eigenvalue weighted by Crippen LogP contribution is -2.34. The van der Waals surface area contributed by atoms with Gasteiger partial charge in [0.1, 0.15) is 12.4 Å². The average molecular weight is 326 g/mol. The number of ether oxygens (including phenoxy) is 1. The maximum Gasteiger partial charge on any atom is 0.254 e. The summed E-state index contributed by atoms with van der Waals surface area (Å²) in [7, 11) is 0. The van der Waals surface area contributed by atoms with Crippen LogP contribution in [0.4, 0.5) is 5.82 Å². The van der Waals surface area contributed by atoms with Gasteiger partial charge in [0.25, 0.3) is 5.91 Å². The molecule has 124 valence electrons. The molecule has 2 aliphatic rings. The molecule has 1 atom stereocenters. The Morgan fingerprint density at radius 2 is 2.21 bits per heavy atom. The second-order valence-electron chi connectivity index (χ2n) is 6.04. The number of aromatic nitrogens is 2. The minimum atomic E-state index is -0.225. The molecule has 7 heteroatoms. The van der Waals surface area contributed by atoms with Crippen molar-refractivity contribution in [1.29, 1.82) is 0 Å². The van der Waals surface area contributed by atoms with Gasteiger partial charge in [-0.15, -0.1) is 0 Å². The fraction of sp³-hybridized carbons (Fsp3) is 0.353. The van der Waals surface area contributed by atoms with Gasteiger partial charge in [-0.05, 0) is 18.1 Å². The van der Waals surface area contributed by atoms with Crippen molar-refractivity contribution in [3.63, 3.8) is 0 Å². The molecule has 1 unspecified atom stereocenters. The zero-order valence-electron chi connectivity index (χ0n) is 13.1. The highest BCUT2D eigenvalue weighted by Crippen LogP contribution is 2.24. The molecule has 0 bridgehead atoms. The number of amides is 2. The van der Waals surface area contributed by atoms with E-state index in [2.05, 4.69) is 10.4 Å². The first-order valence-corrected chi connectivity index (χ1v) is 8.00. The molecule has 0 radical (unpaired) electrons. The predicted molar refractivity (Wildman–Crippen MR) is 86.5 cm³/mol. The molecule has 2 amide bonds. The molecule has 1 aromatic carbocycles. The first kappa shape index (κ1) is 14.9. The summed E-state index contributed by atoms with van der Waals surface area (Å²) in [6.45, 7) is 1.81. The third-order valence-corrected chi connectivity index (χ3v) is 4.42. The molecule has 1 aromatic heterocycles. The second-order valence-corrected chi connectivity index (χ2v) is 6.04. The van der Waals surface area contributed by atoms with Gasteiger partial charge < -0.3 is 15.0 Å². The standard InChI is InChI=1S/C17H18N4O3/c22-16(10-20-9-12-3-1-2-4-14(12)17(20)23)19-15-5-7-18-21(15)13-6-8-24-11-13/h1-5,7,13H,6,8-11H2,(H,19,22). The molecule has 0 aliphatic carbocycles. The van der Waals surface area contributed by atoms with E-state index in [1.54, 1.807) is 27.9 Å². The Hall–Kier alpha value is -2.67. The van der Waals surface area contributed by atoms with Crippen molar-refractivity contribution in [3.05, 3.63) is 47.7 Å².